The van der Waals surface area contributed by atoms with Gasteiger partial charge in [-0.25, -0.2) is 4.79 Å². The van der Waals surface area contributed by atoms with Crippen LogP contribution in [0.3, 0.4) is 0 Å². The summed E-state index contributed by atoms with van der Waals surface area (Å²) in [5.41, 5.74) is 0.740. The lowest BCUT2D eigenvalue weighted by molar-refractivity contribution is -0.131. The molecule has 0 spiro atoms. The van der Waals surface area contributed by atoms with Gasteiger partial charge in [-0.05, 0) is 12.5 Å². The van der Waals surface area contributed by atoms with Crippen molar-refractivity contribution in [1.29, 1.82) is 0 Å². The second-order valence-corrected chi connectivity index (χ2v) is 6.59. The van der Waals surface area contributed by atoms with E-state index in [1.54, 1.807) is 11.9 Å². The second-order valence-electron chi connectivity index (χ2n) is 6.59. The SMILES string of the molecule is CCCCc1oc2ccccc2c1CN(C)C(=O)Cn1ccc(=O)[nH]c1=O. The van der Waals surface area contributed by atoms with Gasteiger partial charge in [0.05, 0.1) is 0 Å². The van der Waals surface area contributed by atoms with Crippen molar-refractivity contribution in [2.45, 2.75) is 39.3 Å². The fourth-order valence-corrected chi connectivity index (χ4v) is 3.02. The lowest BCUT2D eigenvalue weighted by atomic mass is 10.1. The maximum Gasteiger partial charge on any atom is 0.328 e. The molecule has 0 aliphatic rings. The molecule has 2 heterocycles. The van der Waals surface area contributed by atoms with Crippen LogP contribution < -0.4 is 11.2 Å². The number of carbonyl (C=O) groups excluding carboxylic acids is 1. The highest BCUT2D eigenvalue weighted by Crippen LogP contribution is 2.28. The van der Waals surface area contributed by atoms with E-state index in [0.717, 1.165) is 41.6 Å². The Morgan fingerprint density at radius 1 is 1.22 bits per heavy atom. The molecule has 0 aliphatic carbocycles. The van der Waals surface area contributed by atoms with Crippen LogP contribution in [0.5, 0.6) is 0 Å². The molecule has 1 N–H and O–H groups in total. The number of hydrogen-bond donors (Lipinski definition) is 1. The van der Waals surface area contributed by atoms with E-state index in [9.17, 15) is 14.4 Å². The predicted octanol–water partition coefficient (Wildman–Crippen LogP) is 2.28. The van der Waals surface area contributed by atoms with E-state index >= 15 is 0 Å². The number of fused-ring (bicyclic) bond motifs is 1. The molecule has 3 aromatic rings. The second kappa shape index (κ2) is 8.07. The Labute approximate surface area is 156 Å². The molecule has 0 bridgehead atoms. The first-order chi connectivity index (χ1) is 13.0. The number of nitrogens with zero attached hydrogens (tertiary/aromatic N) is 2. The van der Waals surface area contributed by atoms with Gasteiger partial charge >= 0.3 is 5.69 Å². The summed E-state index contributed by atoms with van der Waals surface area (Å²) in [4.78, 5) is 39.2. The van der Waals surface area contributed by atoms with Crippen molar-refractivity contribution < 1.29 is 9.21 Å². The quantitative estimate of drug-likeness (QED) is 0.692. The number of H-pyrrole nitrogens is 1. The van der Waals surface area contributed by atoms with Crippen molar-refractivity contribution in [2.75, 3.05) is 7.05 Å². The third-order valence-corrected chi connectivity index (χ3v) is 4.56. The number of furan rings is 1. The van der Waals surface area contributed by atoms with E-state index in [1.807, 2.05) is 24.3 Å². The summed E-state index contributed by atoms with van der Waals surface area (Å²) in [5.74, 6) is 0.676. The highest BCUT2D eigenvalue weighted by molar-refractivity contribution is 5.83. The molecule has 3 rings (SSSR count). The van der Waals surface area contributed by atoms with Crippen LogP contribution in [0.25, 0.3) is 11.0 Å². The summed E-state index contributed by atoms with van der Waals surface area (Å²) in [5, 5.41) is 1.00. The Bertz CT molecular complexity index is 1060. The molecule has 7 nitrogen and oxygen atoms in total. The van der Waals surface area contributed by atoms with Crippen LogP contribution in [0.2, 0.25) is 0 Å². The van der Waals surface area contributed by atoms with E-state index in [-0.39, 0.29) is 12.5 Å². The molecule has 27 heavy (non-hydrogen) atoms. The highest BCUT2D eigenvalue weighted by Gasteiger charge is 2.18. The summed E-state index contributed by atoms with van der Waals surface area (Å²) in [7, 11) is 1.70. The van der Waals surface area contributed by atoms with Crippen molar-refractivity contribution >= 4 is 16.9 Å². The van der Waals surface area contributed by atoms with Crippen molar-refractivity contribution in [3.8, 4) is 0 Å². The third-order valence-electron chi connectivity index (χ3n) is 4.56. The molecular weight excluding hydrogens is 346 g/mol. The van der Waals surface area contributed by atoms with E-state index in [2.05, 4.69) is 11.9 Å². The third kappa shape index (κ3) is 4.19. The number of benzene rings is 1. The van der Waals surface area contributed by atoms with Crippen LogP contribution in [0, 0.1) is 0 Å². The first-order valence-electron chi connectivity index (χ1n) is 9.02. The Hall–Kier alpha value is -3.09. The summed E-state index contributed by atoms with van der Waals surface area (Å²) >= 11 is 0. The summed E-state index contributed by atoms with van der Waals surface area (Å²) < 4.78 is 7.19. The smallest absolute Gasteiger partial charge is 0.328 e. The average Bonchev–Trinajstić information content (AvgIpc) is 2.99. The monoisotopic (exact) mass is 369 g/mol. The maximum atomic E-state index is 12.6. The highest BCUT2D eigenvalue weighted by atomic mass is 16.3. The first-order valence-corrected chi connectivity index (χ1v) is 9.02. The van der Waals surface area contributed by atoms with E-state index in [1.165, 1.54) is 16.8 Å². The van der Waals surface area contributed by atoms with Gasteiger partial charge in [-0.2, -0.15) is 0 Å². The number of unbranched alkanes of at least 4 members (excludes halogenated alkanes) is 1. The molecule has 7 heteroatoms. The minimum atomic E-state index is -0.596. The Morgan fingerprint density at radius 3 is 2.74 bits per heavy atom. The molecule has 1 amide bonds. The van der Waals surface area contributed by atoms with Crippen LogP contribution in [0.15, 0.2) is 50.5 Å². The number of carbonyl (C=O) groups is 1. The Morgan fingerprint density at radius 2 is 2.00 bits per heavy atom. The van der Waals surface area contributed by atoms with Gasteiger partial charge in [-0.15, -0.1) is 0 Å². The molecule has 142 valence electrons. The molecule has 1 aromatic carbocycles. The largest absolute Gasteiger partial charge is 0.461 e. The number of hydrogen-bond acceptors (Lipinski definition) is 4. The zero-order valence-electron chi connectivity index (χ0n) is 15.5. The zero-order valence-corrected chi connectivity index (χ0v) is 15.5. The van der Waals surface area contributed by atoms with Gasteiger partial charge in [0.15, 0.2) is 0 Å². The van der Waals surface area contributed by atoms with Crippen molar-refractivity contribution in [1.82, 2.24) is 14.5 Å². The van der Waals surface area contributed by atoms with Gasteiger partial charge in [-0.3, -0.25) is 19.1 Å². The van der Waals surface area contributed by atoms with E-state index < -0.39 is 11.2 Å². The van der Waals surface area contributed by atoms with Gasteiger partial charge in [0.2, 0.25) is 5.91 Å². The zero-order chi connectivity index (χ0) is 19.4. The molecule has 0 saturated heterocycles. The minimum Gasteiger partial charge on any atom is -0.461 e. The Balaban J connectivity index is 1.82. The number of nitrogens with one attached hydrogen (secondary N) is 1. The number of aromatic nitrogens is 2. The summed E-state index contributed by atoms with van der Waals surface area (Å²) in [6.07, 6.45) is 4.21. The molecule has 0 unspecified atom stereocenters. The van der Waals surface area contributed by atoms with Gasteiger partial charge in [0.25, 0.3) is 5.56 Å². The Kier molecular flexibility index (Phi) is 5.59. The van der Waals surface area contributed by atoms with Crippen LogP contribution >= 0.6 is 0 Å². The fourth-order valence-electron chi connectivity index (χ4n) is 3.02. The van der Waals surface area contributed by atoms with E-state index in [4.69, 9.17) is 4.42 Å². The molecule has 0 radical (unpaired) electrons. The molecule has 0 fully saturated rings. The van der Waals surface area contributed by atoms with Crippen LogP contribution in [0.4, 0.5) is 0 Å². The number of para-hydroxylation sites is 1. The van der Waals surface area contributed by atoms with Crippen LogP contribution in [-0.4, -0.2) is 27.4 Å². The normalized spacial score (nSPS) is 11.0. The maximum absolute atomic E-state index is 12.6. The lowest BCUT2D eigenvalue weighted by Gasteiger charge is -2.18. The van der Waals surface area contributed by atoms with Gasteiger partial charge < -0.3 is 9.32 Å². The molecular formula is C20H23N3O4. The van der Waals surface area contributed by atoms with Gasteiger partial charge in [-0.1, -0.05) is 31.5 Å². The number of amides is 1. The fraction of sp³-hybridized carbons (Fsp3) is 0.350. The lowest BCUT2D eigenvalue weighted by Crippen LogP contribution is -2.36. The summed E-state index contributed by atoms with van der Waals surface area (Å²) in [6.45, 7) is 2.39. The van der Waals surface area contributed by atoms with Crippen molar-refractivity contribution in [3.05, 3.63) is 68.7 Å². The molecule has 0 atom stereocenters. The molecule has 0 aliphatic heterocycles. The van der Waals surface area contributed by atoms with Gasteiger partial charge in [0.1, 0.15) is 17.9 Å². The number of likely N-dealkylation sites (N-methyl/N-ethyl adjacent to an activating group) is 1. The molecule has 2 aromatic heterocycles. The van der Waals surface area contributed by atoms with E-state index in [0.29, 0.717) is 6.54 Å². The number of aryl methyl sites for hydroxylation is 1. The first kappa shape index (κ1) is 18.7. The van der Waals surface area contributed by atoms with Gasteiger partial charge in [0, 0.05) is 43.2 Å². The topological polar surface area (TPSA) is 88.3 Å². The summed E-state index contributed by atoms with van der Waals surface area (Å²) in [6, 6.07) is 9.02. The van der Waals surface area contributed by atoms with Crippen LogP contribution in [-0.2, 0) is 24.3 Å². The number of aromatic amines is 1. The minimum absolute atomic E-state index is 0.133. The molecule has 0 saturated carbocycles. The number of rotatable bonds is 7. The van der Waals surface area contributed by atoms with Crippen molar-refractivity contribution in [2.24, 2.45) is 0 Å². The van der Waals surface area contributed by atoms with Crippen molar-refractivity contribution in [3.63, 3.8) is 0 Å². The van der Waals surface area contributed by atoms with Crippen LogP contribution in [0.1, 0.15) is 31.1 Å². The predicted molar refractivity (Wildman–Crippen MR) is 103 cm³/mol. The average molecular weight is 369 g/mol. The standard InChI is InChI=1S/C20H23N3O4/c1-3-4-8-17-15(14-7-5-6-9-16(14)27-17)12-22(2)19(25)13-23-11-10-18(24)21-20(23)26/h5-7,9-11H,3-4,8,12-13H2,1-2H3,(H,21,24,26).